The predicted molar refractivity (Wildman–Crippen MR) is 185 cm³/mol. The standard InChI is InChI=1S/2C12H30N5Si2.2Cu/c2*1-16(2)11(14-18(5,6)7)13-12(17(3)4)15-19(8,9)10;;/h2*1-10H3;;/q2*-1;2*+1. The van der Waals surface area contributed by atoms with Gasteiger partial charge in [0, 0.05) is 40.1 Å². The average Bonchev–Trinajstić information content (AvgIpc) is 2.61. The molecule has 0 aromatic heterocycles. The number of rotatable bonds is 4. The Morgan fingerprint density at radius 1 is 0.425 bits per heavy atom. The quantitative estimate of drug-likeness (QED) is 0.211. The molecule has 0 atom stereocenters. The molecular weight excluding hydrogens is 668 g/mol. The minimum Gasteiger partial charge on any atom is -0.432 e. The fourth-order valence-corrected chi connectivity index (χ4v) is 5.68. The third-order valence-corrected chi connectivity index (χ3v) is 7.22. The molecule has 0 radical (unpaired) electrons. The first-order valence-electron chi connectivity index (χ1n) is 13.2. The van der Waals surface area contributed by atoms with E-state index in [0.717, 1.165) is 23.8 Å². The number of hydrogen-bond donors (Lipinski definition) is 0. The zero-order chi connectivity index (χ0) is 30.9. The van der Waals surface area contributed by atoms with Crippen LogP contribution in [-0.2, 0) is 34.1 Å². The van der Waals surface area contributed by atoms with Crippen LogP contribution in [0.2, 0.25) is 78.6 Å². The molecule has 0 aromatic rings. The van der Waals surface area contributed by atoms with Gasteiger partial charge < -0.3 is 48.9 Å². The zero-order valence-corrected chi connectivity index (χ0v) is 35.0. The van der Waals surface area contributed by atoms with E-state index in [0.29, 0.717) is 0 Å². The van der Waals surface area contributed by atoms with Crippen LogP contribution in [0.5, 0.6) is 0 Å². The van der Waals surface area contributed by atoms with Crippen molar-refractivity contribution >= 4 is 56.8 Å². The zero-order valence-electron chi connectivity index (χ0n) is 29.1. The fourth-order valence-electron chi connectivity index (χ4n) is 2.28. The summed E-state index contributed by atoms with van der Waals surface area (Å²) in [6.07, 6.45) is 0. The van der Waals surface area contributed by atoms with Gasteiger partial charge in [-0.15, -0.1) is 0 Å². The molecule has 0 aliphatic rings. The molecule has 10 nitrogen and oxygen atoms in total. The van der Waals surface area contributed by atoms with Crippen LogP contribution >= 0.6 is 0 Å². The molecule has 0 heterocycles. The summed E-state index contributed by atoms with van der Waals surface area (Å²) in [4.78, 5) is 26.7. The van der Waals surface area contributed by atoms with Gasteiger partial charge in [-0.1, -0.05) is 39.3 Å². The molecule has 0 bridgehead atoms. The van der Waals surface area contributed by atoms with Crippen molar-refractivity contribution in [3.05, 3.63) is 9.96 Å². The van der Waals surface area contributed by atoms with Crippen LogP contribution in [0.15, 0.2) is 19.3 Å². The summed E-state index contributed by atoms with van der Waals surface area (Å²) in [6.45, 7) is 26.5. The number of aliphatic imine (C=N–C) groups is 2. The molecule has 0 aliphatic heterocycles. The first kappa shape index (κ1) is 46.3. The van der Waals surface area contributed by atoms with Crippen molar-refractivity contribution in [1.82, 2.24) is 19.6 Å². The van der Waals surface area contributed by atoms with Crippen molar-refractivity contribution in [2.75, 3.05) is 56.4 Å². The molecule has 244 valence electrons. The Morgan fingerprint density at radius 2 is 0.650 bits per heavy atom. The second kappa shape index (κ2) is 18.8. The maximum atomic E-state index is 4.78. The molecule has 0 fully saturated rings. The van der Waals surface area contributed by atoms with Crippen LogP contribution < -0.4 is 0 Å². The third-order valence-electron chi connectivity index (χ3n) is 3.74. The van der Waals surface area contributed by atoms with Gasteiger partial charge in [0.05, 0.1) is 16.5 Å². The van der Waals surface area contributed by atoms with E-state index in [4.69, 9.17) is 19.3 Å². The monoisotopic (exact) mass is 726 g/mol. The Hall–Kier alpha value is -0.614. The van der Waals surface area contributed by atoms with Gasteiger partial charge in [-0.05, 0) is 67.5 Å². The molecule has 0 aromatic carbocycles. The van der Waals surface area contributed by atoms with Crippen LogP contribution in [0.4, 0.5) is 0 Å². The molecule has 0 spiro atoms. The minimum atomic E-state index is -1.55. The first-order valence-corrected chi connectivity index (χ1v) is 26.9. The van der Waals surface area contributed by atoms with Gasteiger partial charge in [0.25, 0.3) is 0 Å². The summed E-state index contributed by atoms with van der Waals surface area (Å²) in [7, 11) is 9.60. The molecule has 0 aliphatic carbocycles. The summed E-state index contributed by atoms with van der Waals surface area (Å²) >= 11 is 0. The van der Waals surface area contributed by atoms with Crippen molar-refractivity contribution in [3.63, 3.8) is 0 Å². The number of hydrogen-bond acceptors (Lipinski definition) is 2. The predicted octanol–water partition coefficient (Wildman–Crippen LogP) is 5.73. The Morgan fingerprint density at radius 3 is 0.775 bits per heavy atom. The van der Waals surface area contributed by atoms with Gasteiger partial charge >= 0.3 is 34.1 Å². The van der Waals surface area contributed by atoms with Crippen molar-refractivity contribution in [3.8, 4) is 0 Å². The molecule has 0 amide bonds. The molecule has 0 rings (SSSR count). The fraction of sp³-hybridized carbons (Fsp3) is 0.833. The van der Waals surface area contributed by atoms with Crippen molar-refractivity contribution < 1.29 is 34.1 Å². The second-order valence-corrected chi connectivity index (χ2v) is 32.4. The van der Waals surface area contributed by atoms with E-state index in [1.807, 2.05) is 76.0 Å². The molecule has 0 saturated carbocycles. The number of guanidine groups is 4. The van der Waals surface area contributed by atoms with Crippen LogP contribution in [0, 0.1) is 0 Å². The Kier molecular flexibility index (Phi) is 21.8. The summed E-state index contributed by atoms with van der Waals surface area (Å²) in [6, 6.07) is 0. The third kappa shape index (κ3) is 26.3. The van der Waals surface area contributed by atoms with Crippen molar-refractivity contribution in [1.29, 1.82) is 0 Å². The van der Waals surface area contributed by atoms with Crippen LogP contribution in [0.25, 0.3) is 9.96 Å². The molecule has 0 saturated heterocycles. The van der Waals surface area contributed by atoms with Crippen molar-refractivity contribution in [2.24, 2.45) is 19.3 Å². The Labute approximate surface area is 273 Å². The Balaban J connectivity index is -0.000000309. The van der Waals surface area contributed by atoms with Crippen molar-refractivity contribution in [2.45, 2.75) is 78.6 Å². The van der Waals surface area contributed by atoms with Crippen LogP contribution in [0.3, 0.4) is 0 Å². The molecular formula is C24H60Cu2N10Si4. The maximum Gasteiger partial charge on any atom is 1.00 e. The maximum absolute atomic E-state index is 4.78. The van der Waals surface area contributed by atoms with Gasteiger partial charge in [0.2, 0.25) is 0 Å². The first-order chi connectivity index (χ1) is 16.6. The van der Waals surface area contributed by atoms with Gasteiger partial charge in [-0.2, -0.15) is 0 Å². The molecule has 40 heavy (non-hydrogen) atoms. The number of nitrogens with zero attached hydrogens (tertiary/aromatic N) is 10. The molecule has 0 unspecified atom stereocenters. The molecule has 0 N–H and O–H groups in total. The Bertz CT molecular complexity index is 778. The summed E-state index contributed by atoms with van der Waals surface area (Å²) in [5, 5.41) is 0. The van der Waals surface area contributed by atoms with Gasteiger partial charge in [-0.3, -0.25) is 0 Å². The van der Waals surface area contributed by atoms with Crippen LogP contribution in [-0.4, -0.2) is 133 Å². The van der Waals surface area contributed by atoms with Gasteiger partial charge in [0.15, 0.2) is 16.5 Å². The normalized spacial score (nSPS) is 13.7. The largest absolute Gasteiger partial charge is 1.00 e. The van der Waals surface area contributed by atoms with E-state index in [2.05, 4.69) is 88.5 Å². The smallest absolute Gasteiger partial charge is 0.432 e. The van der Waals surface area contributed by atoms with E-state index in [1.54, 1.807) is 0 Å². The van der Waals surface area contributed by atoms with Gasteiger partial charge in [0.1, 0.15) is 11.9 Å². The van der Waals surface area contributed by atoms with E-state index < -0.39 is 32.9 Å². The summed E-state index contributed by atoms with van der Waals surface area (Å²) in [5.41, 5.74) is 0. The average molecular weight is 728 g/mol. The van der Waals surface area contributed by atoms with Gasteiger partial charge in [-0.25, -0.2) is 0 Å². The summed E-state index contributed by atoms with van der Waals surface area (Å²) < 4.78 is 9.57. The van der Waals surface area contributed by atoms with E-state index >= 15 is 0 Å². The topological polar surface area (TPSA) is 90.6 Å². The van der Waals surface area contributed by atoms with E-state index in [1.165, 1.54) is 0 Å². The summed E-state index contributed by atoms with van der Waals surface area (Å²) in [5.74, 6) is 3.07. The molecule has 16 heteroatoms. The van der Waals surface area contributed by atoms with E-state index in [-0.39, 0.29) is 34.1 Å². The minimum absolute atomic E-state index is 0. The second-order valence-electron chi connectivity index (χ2n) is 14.1. The van der Waals surface area contributed by atoms with E-state index in [9.17, 15) is 0 Å². The SMILES string of the molecule is CN(C)C(=N/[Si](C)(C)C)/N=C(\[N-][Si](C)(C)C)N(C)C.CN(C)C(=N/[Si](C)(C)C)/N=C(\[N-][Si](C)(C)C)N(C)C.[Cu+].[Cu+]. The van der Waals surface area contributed by atoms with Crippen LogP contribution in [0.1, 0.15) is 0 Å².